The average Bonchev–Trinajstić information content (AvgIpc) is 2.98. The van der Waals surface area contributed by atoms with Crippen LogP contribution in [0.3, 0.4) is 0 Å². The van der Waals surface area contributed by atoms with Crippen LogP contribution in [0.2, 0.25) is 10.0 Å². The van der Waals surface area contributed by atoms with Crippen LogP contribution >= 0.6 is 23.2 Å². The van der Waals surface area contributed by atoms with Crippen molar-refractivity contribution in [2.24, 2.45) is 0 Å². The summed E-state index contributed by atoms with van der Waals surface area (Å²) in [5.41, 5.74) is 3.39. The van der Waals surface area contributed by atoms with Crippen LogP contribution in [0.25, 0.3) is 50.3 Å². The maximum Gasteiger partial charge on any atom is 0.433 e. The predicted molar refractivity (Wildman–Crippen MR) is 152 cm³/mol. The molecule has 6 nitrogen and oxygen atoms in total. The molecule has 3 heterocycles. The Morgan fingerprint density at radius 1 is 0.634 bits per heavy atom. The van der Waals surface area contributed by atoms with Crippen molar-refractivity contribution in [2.75, 3.05) is 0 Å². The van der Waals surface area contributed by atoms with Gasteiger partial charge in [0.15, 0.2) is 11.3 Å². The van der Waals surface area contributed by atoms with E-state index in [4.69, 9.17) is 23.2 Å². The first-order valence-electron chi connectivity index (χ1n) is 12.1. The first kappa shape index (κ1) is 26.6. The van der Waals surface area contributed by atoms with E-state index in [1.165, 1.54) is 10.6 Å². The Balaban J connectivity index is 1.44. The number of fused-ring (bicyclic) bond motifs is 1. The van der Waals surface area contributed by atoms with Gasteiger partial charge in [-0.15, -0.1) is 10.2 Å². The molecule has 0 atom stereocenters. The molecule has 202 valence electrons. The number of rotatable bonds is 4. The summed E-state index contributed by atoms with van der Waals surface area (Å²) < 4.78 is 39.7. The maximum atomic E-state index is 13.6. The molecule has 0 N–H and O–H groups in total. The van der Waals surface area contributed by atoms with Gasteiger partial charge in [-0.05, 0) is 47.0 Å². The molecule has 6 aromatic rings. The Hall–Kier alpha value is -4.60. The standard InChI is InChI=1S/C30H16Cl2F3N5O/c31-22-10-5-18(6-11-22)24-16-37-40-28(26(24)19-7-12-23(32)13-8-19)39-38-27(29(40)41)20-3-1-17(2-4-20)21-9-14-25(36-15-21)30(33,34)35/h1-16H. The lowest BCUT2D eigenvalue weighted by Gasteiger charge is -2.13. The molecule has 41 heavy (non-hydrogen) atoms. The van der Waals surface area contributed by atoms with Gasteiger partial charge in [0, 0.05) is 38.5 Å². The van der Waals surface area contributed by atoms with E-state index in [1.54, 1.807) is 54.7 Å². The summed E-state index contributed by atoms with van der Waals surface area (Å²) in [6.45, 7) is 0. The van der Waals surface area contributed by atoms with Gasteiger partial charge >= 0.3 is 11.7 Å². The smallest absolute Gasteiger partial charge is 0.265 e. The molecular formula is C30H16Cl2F3N5O. The lowest BCUT2D eigenvalue weighted by Crippen LogP contribution is -2.22. The van der Waals surface area contributed by atoms with E-state index in [-0.39, 0.29) is 11.3 Å². The first-order chi connectivity index (χ1) is 19.7. The Labute approximate surface area is 240 Å². The van der Waals surface area contributed by atoms with Crippen LogP contribution in [0, 0.1) is 0 Å². The van der Waals surface area contributed by atoms with Gasteiger partial charge in [-0.3, -0.25) is 9.78 Å². The van der Waals surface area contributed by atoms with Crippen molar-refractivity contribution in [3.05, 3.63) is 123 Å². The van der Waals surface area contributed by atoms with E-state index in [0.29, 0.717) is 32.3 Å². The minimum Gasteiger partial charge on any atom is -0.265 e. The molecule has 0 radical (unpaired) electrons. The molecule has 0 amide bonds. The number of hydrogen-bond donors (Lipinski definition) is 0. The van der Waals surface area contributed by atoms with Gasteiger partial charge in [0.05, 0.1) is 6.20 Å². The molecule has 0 bridgehead atoms. The van der Waals surface area contributed by atoms with Crippen molar-refractivity contribution in [2.45, 2.75) is 6.18 Å². The number of halogens is 5. The minimum atomic E-state index is -4.52. The maximum absolute atomic E-state index is 13.6. The van der Waals surface area contributed by atoms with Crippen LogP contribution in [0.15, 0.2) is 102 Å². The summed E-state index contributed by atoms with van der Waals surface area (Å²) in [5.74, 6) is 0. The monoisotopic (exact) mass is 589 g/mol. The summed E-state index contributed by atoms with van der Waals surface area (Å²) in [6.07, 6.45) is -1.77. The fourth-order valence-corrected chi connectivity index (χ4v) is 4.68. The zero-order valence-electron chi connectivity index (χ0n) is 20.8. The fourth-order valence-electron chi connectivity index (χ4n) is 4.43. The van der Waals surface area contributed by atoms with Crippen molar-refractivity contribution < 1.29 is 13.2 Å². The van der Waals surface area contributed by atoms with Crippen molar-refractivity contribution >= 4 is 28.8 Å². The highest BCUT2D eigenvalue weighted by Gasteiger charge is 2.32. The second-order valence-electron chi connectivity index (χ2n) is 9.04. The average molecular weight is 590 g/mol. The van der Waals surface area contributed by atoms with E-state index in [9.17, 15) is 18.0 Å². The lowest BCUT2D eigenvalue weighted by molar-refractivity contribution is -0.141. The van der Waals surface area contributed by atoms with Gasteiger partial charge < -0.3 is 0 Å². The highest BCUT2D eigenvalue weighted by Crippen LogP contribution is 2.35. The van der Waals surface area contributed by atoms with Crippen molar-refractivity contribution in [3.63, 3.8) is 0 Å². The Morgan fingerprint density at radius 3 is 1.78 bits per heavy atom. The highest BCUT2D eigenvalue weighted by atomic mass is 35.5. The molecule has 3 aromatic carbocycles. The van der Waals surface area contributed by atoms with Gasteiger partial charge in [-0.2, -0.15) is 22.8 Å². The quantitative estimate of drug-likeness (QED) is 0.209. The second kappa shape index (κ2) is 10.4. The molecule has 0 unspecified atom stereocenters. The number of pyridine rings is 1. The Kier molecular flexibility index (Phi) is 6.76. The Bertz CT molecular complexity index is 1940. The van der Waals surface area contributed by atoms with Crippen LogP contribution in [-0.2, 0) is 6.18 Å². The lowest BCUT2D eigenvalue weighted by atomic mass is 9.97. The number of alkyl halides is 3. The topological polar surface area (TPSA) is 73.0 Å². The molecule has 6 rings (SSSR count). The molecule has 0 aliphatic heterocycles. The van der Waals surface area contributed by atoms with Crippen LogP contribution in [-0.4, -0.2) is 24.8 Å². The van der Waals surface area contributed by atoms with Gasteiger partial charge in [0.25, 0.3) is 0 Å². The van der Waals surface area contributed by atoms with E-state index >= 15 is 0 Å². The van der Waals surface area contributed by atoms with E-state index < -0.39 is 17.4 Å². The van der Waals surface area contributed by atoms with Crippen LogP contribution < -0.4 is 5.56 Å². The van der Waals surface area contributed by atoms with Crippen molar-refractivity contribution in [1.29, 1.82) is 0 Å². The van der Waals surface area contributed by atoms with Gasteiger partial charge in [-0.25, -0.2) is 0 Å². The fraction of sp³-hybridized carbons (Fsp3) is 0.0333. The van der Waals surface area contributed by atoms with Crippen LogP contribution in [0.1, 0.15) is 5.69 Å². The molecular weight excluding hydrogens is 574 g/mol. The first-order valence-corrected chi connectivity index (χ1v) is 12.9. The summed E-state index contributed by atoms with van der Waals surface area (Å²) in [7, 11) is 0. The zero-order valence-corrected chi connectivity index (χ0v) is 22.3. The third kappa shape index (κ3) is 5.17. The SMILES string of the molecule is O=c1c(-c2ccc(-c3ccc(C(F)(F)F)nc3)cc2)nnc2c(-c3ccc(Cl)cc3)c(-c3ccc(Cl)cc3)cnn12. The predicted octanol–water partition coefficient (Wildman–Crippen LogP) is 7.87. The molecule has 3 aromatic heterocycles. The molecule has 0 fully saturated rings. The van der Waals surface area contributed by atoms with Crippen molar-refractivity contribution in [3.8, 4) is 44.6 Å². The van der Waals surface area contributed by atoms with Gasteiger partial charge in [0.2, 0.25) is 0 Å². The second-order valence-corrected chi connectivity index (χ2v) is 9.92. The summed E-state index contributed by atoms with van der Waals surface area (Å²) >= 11 is 12.2. The number of nitrogens with zero attached hydrogens (tertiary/aromatic N) is 5. The van der Waals surface area contributed by atoms with Crippen LogP contribution in [0.4, 0.5) is 13.2 Å². The third-order valence-electron chi connectivity index (χ3n) is 6.47. The van der Waals surface area contributed by atoms with E-state index in [2.05, 4.69) is 20.3 Å². The zero-order chi connectivity index (χ0) is 28.7. The van der Waals surface area contributed by atoms with Gasteiger partial charge in [-0.1, -0.05) is 77.8 Å². The molecule has 0 spiro atoms. The third-order valence-corrected chi connectivity index (χ3v) is 6.97. The summed E-state index contributed by atoms with van der Waals surface area (Å²) in [4.78, 5) is 17.1. The molecule has 0 saturated carbocycles. The largest absolute Gasteiger partial charge is 0.433 e. The number of benzene rings is 3. The summed E-state index contributed by atoms with van der Waals surface area (Å²) in [6, 6.07) is 23.3. The van der Waals surface area contributed by atoms with E-state index in [0.717, 1.165) is 29.0 Å². The Morgan fingerprint density at radius 2 is 1.20 bits per heavy atom. The van der Waals surface area contributed by atoms with E-state index in [1.807, 2.05) is 24.3 Å². The number of aromatic nitrogens is 5. The van der Waals surface area contributed by atoms with Gasteiger partial charge in [0.1, 0.15) is 5.69 Å². The molecule has 0 aliphatic rings. The molecule has 0 saturated heterocycles. The van der Waals surface area contributed by atoms with Crippen molar-refractivity contribution in [1.82, 2.24) is 24.8 Å². The number of hydrogen-bond acceptors (Lipinski definition) is 5. The highest BCUT2D eigenvalue weighted by molar-refractivity contribution is 6.31. The molecule has 11 heteroatoms. The normalized spacial score (nSPS) is 11.6. The molecule has 0 aliphatic carbocycles. The minimum absolute atomic E-state index is 0.0633. The summed E-state index contributed by atoms with van der Waals surface area (Å²) in [5, 5.41) is 14.2. The van der Waals surface area contributed by atoms with Crippen LogP contribution in [0.5, 0.6) is 0 Å².